The molecule has 0 radical (unpaired) electrons. The number of nitrogens with one attached hydrogen (secondary N) is 2. The molecule has 1 aromatic heterocycles. The van der Waals surface area contributed by atoms with Gasteiger partial charge in [0.25, 0.3) is 0 Å². The van der Waals surface area contributed by atoms with Gasteiger partial charge in [0.2, 0.25) is 0 Å². The van der Waals surface area contributed by atoms with Gasteiger partial charge in [-0.2, -0.15) is 0 Å². The molecule has 114 valence electrons. The number of H-pyrrole nitrogens is 1. The van der Waals surface area contributed by atoms with Crippen molar-refractivity contribution in [3.63, 3.8) is 0 Å². The van der Waals surface area contributed by atoms with Gasteiger partial charge >= 0.3 is 0 Å². The standard InChI is InChI=1S/C16H22ClN3O/c1-3-4-9-15-19-14(16(17)20-15)10-18-13-8-6-5-7-12(13)11-21-2/h5-8,18H,3-4,9-11H2,1-2H3,(H,19,20). The summed E-state index contributed by atoms with van der Waals surface area (Å²) in [5.41, 5.74) is 3.11. The molecule has 1 aromatic carbocycles. The highest BCUT2D eigenvalue weighted by molar-refractivity contribution is 6.30. The number of methoxy groups -OCH3 is 1. The maximum Gasteiger partial charge on any atom is 0.152 e. The molecule has 0 aliphatic rings. The molecule has 5 heteroatoms. The van der Waals surface area contributed by atoms with Gasteiger partial charge in [0.15, 0.2) is 5.15 Å². The average Bonchev–Trinajstić information content (AvgIpc) is 2.85. The number of aryl methyl sites for hydroxylation is 1. The predicted molar refractivity (Wildman–Crippen MR) is 86.7 cm³/mol. The van der Waals surface area contributed by atoms with E-state index in [0.717, 1.165) is 42.0 Å². The number of aromatic amines is 1. The van der Waals surface area contributed by atoms with Gasteiger partial charge in [-0.05, 0) is 12.5 Å². The highest BCUT2D eigenvalue weighted by atomic mass is 35.5. The molecule has 0 amide bonds. The van der Waals surface area contributed by atoms with Crippen molar-refractivity contribution in [3.8, 4) is 0 Å². The van der Waals surface area contributed by atoms with E-state index in [-0.39, 0.29) is 0 Å². The molecule has 4 nitrogen and oxygen atoms in total. The van der Waals surface area contributed by atoms with Crippen molar-refractivity contribution >= 4 is 17.3 Å². The number of halogens is 1. The number of hydrogen-bond donors (Lipinski definition) is 2. The SMILES string of the molecule is CCCCc1nc(Cl)c(CNc2ccccc2COC)[nH]1. The van der Waals surface area contributed by atoms with E-state index in [1.54, 1.807) is 7.11 Å². The van der Waals surface area contributed by atoms with Gasteiger partial charge in [0.1, 0.15) is 5.82 Å². The van der Waals surface area contributed by atoms with Crippen molar-refractivity contribution in [3.05, 3.63) is 46.5 Å². The molecule has 0 aliphatic carbocycles. The average molecular weight is 308 g/mol. The van der Waals surface area contributed by atoms with E-state index in [1.807, 2.05) is 24.3 Å². The van der Waals surface area contributed by atoms with Crippen molar-refractivity contribution < 1.29 is 4.74 Å². The second-order valence-electron chi connectivity index (χ2n) is 5.00. The number of benzene rings is 1. The van der Waals surface area contributed by atoms with Gasteiger partial charge in [0.05, 0.1) is 18.8 Å². The molecule has 0 saturated heterocycles. The first-order chi connectivity index (χ1) is 10.2. The first kappa shape index (κ1) is 15.9. The number of imidazole rings is 1. The van der Waals surface area contributed by atoms with Crippen LogP contribution in [0.25, 0.3) is 0 Å². The largest absolute Gasteiger partial charge is 0.380 e. The molecule has 0 atom stereocenters. The first-order valence-electron chi connectivity index (χ1n) is 7.28. The Hall–Kier alpha value is -1.52. The molecular formula is C16H22ClN3O. The highest BCUT2D eigenvalue weighted by Gasteiger charge is 2.08. The Morgan fingerprint density at radius 1 is 1.33 bits per heavy atom. The minimum atomic E-state index is 0.554. The highest BCUT2D eigenvalue weighted by Crippen LogP contribution is 2.19. The monoisotopic (exact) mass is 307 g/mol. The fourth-order valence-electron chi connectivity index (χ4n) is 2.18. The molecule has 1 heterocycles. The molecule has 2 N–H and O–H groups in total. The van der Waals surface area contributed by atoms with Crippen molar-refractivity contribution in [2.24, 2.45) is 0 Å². The Labute approximate surface area is 130 Å². The Morgan fingerprint density at radius 2 is 2.14 bits per heavy atom. The predicted octanol–water partition coefficient (Wildman–Crippen LogP) is 4.16. The van der Waals surface area contributed by atoms with Gasteiger partial charge in [-0.3, -0.25) is 0 Å². The summed E-state index contributed by atoms with van der Waals surface area (Å²) >= 11 is 6.18. The van der Waals surface area contributed by atoms with E-state index >= 15 is 0 Å². The topological polar surface area (TPSA) is 49.9 Å². The van der Waals surface area contributed by atoms with Gasteiger partial charge in [0, 0.05) is 24.8 Å². The quantitative estimate of drug-likeness (QED) is 0.769. The molecule has 0 saturated carbocycles. The lowest BCUT2D eigenvalue weighted by Crippen LogP contribution is -2.04. The summed E-state index contributed by atoms with van der Waals surface area (Å²) in [6.07, 6.45) is 3.21. The van der Waals surface area contributed by atoms with E-state index in [4.69, 9.17) is 16.3 Å². The van der Waals surface area contributed by atoms with Crippen LogP contribution in [0.4, 0.5) is 5.69 Å². The second-order valence-corrected chi connectivity index (χ2v) is 5.36. The van der Waals surface area contributed by atoms with Crippen LogP contribution in [0.3, 0.4) is 0 Å². The second kappa shape index (κ2) is 8.05. The van der Waals surface area contributed by atoms with Crippen LogP contribution in [-0.4, -0.2) is 17.1 Å². The van der Waals surface area contributed by atoms with E-state index in [1.165, 1.54) is 0 Å². The molecule has 21 heavy (non-hydrogen) atoms. The Bertz CT molecular complexity index is 568. The maximum absolute atomic E-state index is 6.18. The zero-order chi connectivity index (χ0) is 15.1. The summed E-state index contributed by atoms with van der Waals surface area (Å²) in [6.45, 7) is 3.38. The number of rotatable bonds is 8. The number of para-hydroxylation sites is 1. The minimum Gasteiger partial charge on any atom is -0.380 e. The van der Waals surface area contributed by atoms with Gasteiger partial charge < -0.3 is 15.0 Å². The number of unbranched alkanes of at least 4 members (excludes halogenated alkanes) is 1. The molecule has 0 fully saturated rings. The summed E-state index contributed by atoms with van der Waals surface area (Å²) in [7, 11) is 1.70. The molecule has 0 aliphatic heterocycles. The van der Waals surface area contributed by atoms with Crippen LogP contribution in [0, 0.1) is 0 Å². The third kappa shape index (κ3) is 4.48. The summed E-state index contributed by atoms with van der Waals surface area (Å²) in [6, 6.07) is 8.10. The van der Waals surface area contributed by atoms with Crippen LogP contribution >= 0.6 is 11.6 Å². The maximum atomic E-state index is 6.18. The van der Waals surface area contributed by atoms with Crippen LogP contribution in [0.1, 0.15) is 36.8 Å². The van der Waals surface area contributed by atoms with E-state index in [0.29, 0.717) is 18.3 Å². The third-order valence-electron chi connectivity index (χ3n) is 3.32. The smallest absolute Gasteiger partial charge is 0.152 e. The lowest BCUT2D eigenvalue weighted by atomic mass is 10.2. The van der Waals surface area contributed by atoms with Gasteiger partial charge in [-0.1, -0.05) is 43.1 Å². The first-order valence-corrected chi connectivity index (χ1v) is 7.66. The Balaban J connectivity index is 2.01. The summed E-state index contributed by atoms with van der Waals surface area (Å²) in [5.74, 6) is 0.962. The molecule has 0 bridgehead atoms. The fourth-order valence-corrected chi connectivity index (χ4v) is 2.39. The van der Waals surface area contributed by atoms with Gasteiger partial charge in [-0.25, -0.2) is 4.98 Å². The van der Waals surface area contributed by atoms with Gasteiger partial charge in [-0.15, -0.1) is 0 Å². The number of hydrogen-bond acceptors (Lipinski definition) is 3. The van der Waals surface area contributed by atoms with Crippen LogP contribution in [0.2, 0.25) is 5.15 Å². The van der Waals surface area contributed by atoms with E-state index in [9.17, 15) is 0 Å². The number of nitrogens with zero attached hydrogens (tertiary/aromatic N) is 1. The summed E-state index contributed by atoms with van der Waals surface area (Å²) in [4.78, 5) is 7.67. The van der Waals surface area contributed by atoms with Crippen molar-refractivity contribution in [2.45, 2.75) is 39.3 Å². The van der Waals surface area contributed by atoms with Crippen LogP contribution < -0.4 is 5.32 Å². The molecule has 0 spiro atoms. The molecule has 0 unspecified atom stereocenters. The van der Waals surface area contributed by atoms with Crippen molar-refractivity contribution in [2.75, 3.05) is 12.4 Å². The molecule has 2 rings (SSSR count). The van der Waals surface area contributed by atoms with Crippen LogP contribution in [0.15, 0.2) is 24.3 Å². The third-order valence-corrected chi connectivity index (χ3v) is 3.63. The zero-order valence-corrected chi connectivity index (χ0v) is 13.3. The van der Waals surface area contributed by atoms with Crippen molar-refractivity contribution in [1.82, 2.24) is 9.97 Å². The summed E-state index contributed by atoms with van der Waals surface area (Å²) in [5, 5.41) is 3.94. The van der Waals surface area contributed by atoms with Crippen LogP contribution in [0.5, 0.6) is 0 Å². The molecular weight excluding hydrogens is 286 g/mol. The summed E-state index contributed by atoms with van der Waals surface area (Å²) < 4.78 is 5.21. The van der Waals surface area contributed by atoms with Crippen molar-refractivity contribution in [1.29, 1.82) is 0 Å². The van der Waals surface area contributed by atoms with E-state index < -0.39 is 0 Å². The minimum absolute atomic E-state index is 0.554. The lowest BCUT2D eigenvalue weighted by Gasteiger charge is -2.10. The zero-order valence-electron chi connectivity index (χ0n) is 12.6. The normalized spacial score (nSPS) is 10.8. The van der Waals surface area contributed by atoms with E-state index in [2.05, 4.69) is 22.2 Å². The lowest BCUT2D eigenvalue weighted by molar-refractivity contribution is 0.185. The Morgan fingerprint density at radius 3 is 2.90 bits per heavy atom. The number of anilines is 1. The van der Waals surface area contributed by atoms with Crippen LogP contribution in [-0.2, 0) is 24.3 Å². The fraction of sp³-hybridized carbons (Fsp3) is 0.438. The number of aromatic nitrogens is 2. The number of ether oxygens (including phenoxy) is 1. The Kier molecular flexibility index (Phi) is 6.08. The molecule has 2 aromatic rings.